The van der Waals surface area contributed by atoms with Gasteiger partial charge in [-0.3, -0.25) is 0 Å². The van der Waals surface area contributed by atoms with Crippen molar-refractivity contribution in [1.29, 1.82) is 0 Å². The molecule has 1 aromatic heterocycles. The van der Waals surface area contributed by atoms with Gasteiger partial charge in [0.15, 0.2) is 0 Å². The van der Waals surface area contributed by atoms with Gasteiger partial charge in [0.25, 0.3) is 0 Å². The third-order valence-electron chi connectivity index (χ3n) is 15.9. The number of fused-ring (bicyclic) bond motifs is 13. The summed E-state index contributed by atoms with van der Waals surface area (Å²) in [6.45, 7) is 0. The Morgan fingerprint density at radius 1 is 0.552 bits per heavy atom. The quantitative estimate of drug-likeness (QED) is 0.151. The first-order valence-corrected chi connectivity index (χ1v) is 24.4. The van der Waals surface area contributed by atoms with Crippen LogP contribution >= 0.6 is 0 Å². The normalized spacial score (nSPS) is 19.7. The Kier molecular flexibility index (Phi) is 8.75. The predicted octanol–water partition coefficient (Wildman–Crippen LogP) is 15.4. The van der Waals surface area contributed by atoms with Crippen LogP contribution in [0.4, 0.5) is 17.1 Å². The molecule has 5 aliphatic carbocycles. The lowest BCUT2D eigenvalue weighted by Gasteiger charge is -2.40. The lowest BCUT2D eigenvalue weighted by Crippen LogP contribution is -2.35. The molecule has 1 spiro atoms. The van der Waals surface area contributed by atoms with Gasteiger partial charge in [0.05, 0.1) is 11.2 Å². The maximum atomic E-state index is 2.61. The first-order valence-electron chi connectivity index (χ1n) is 24.4. The Hall–Kier alpha value is -7.68. The van der Waals surface area contributed by atoms with Gasteiger partial charge in [0, 0.05) is 49.9 Å². The summed E-state index contributed by atoms with van der Waals surface area (Å²) in [5, 5.41) is 6.50. The van der Waals surface area contributed by atoms with Crippen LogP contribution in [0.25, 0.3) is 67.3 Å². The summed E-state index contributed by atoms with van der Waals surface area (Å²) >= 11 is 0. The van der Waals surface area contributed by atoms with E-state index in [1.54, 1.807) is 5.57 Å². The van der Waals surface area contributed by atoms with Crippen LogP contribution in [0.1, 0.15) is 66.7 Å². The molecule has 0 N–H and O–H groups in total. The molecule has 8 aromatic carbocycles. The molecule has 0 amide bonds. The van der Waals surface area contributed by atoms with E-state index in [4.69, 9.17) is 0 Å². The van der Waals surface area contributed by atoms with Crippen LogP contribution in [0.2, 0.25) is 0 Å². The van der Waals surface area contributed by atoms with Gasteiger partial charge in [-0.1, -0.05) is 170 Å². The minimum absolute atomic E-state index is 0.159. The maximum Gasteiger partial charge on any atom is 0.0546 e. The second-order valence-electron chi connectivity index (χ2n) is 19.2. The zero-order chi connectivity index (χ0) is 44.1. The van der Waals surface area contributed by atoms with E-state index in [2.05, 4.69) is 228 Å². The van der Waals surface area contributed by atoms with Crippen LogP contribution in [0.15, 0.2) is 212 Å². The Morgan fingerprint density at radius 2 is 1.30 bits per heavy atom. The molecule has 3 atom stereocenters. The van der Waals surface area contributed by atoms with Gasteiger partial charge in [-0.25, -0.2) is 0 Å². The number of allylic oxidation sites excluding steroid dienone is 6. The zero-order valence-electron chi connectivity index (χ0n) is 37.6. The molecule has 320 valence electrons. The fraction of sp³-hybridized carbons (Fsp3) is 0.138. The van der Waals surface area contributed by atoms with E-state index in [1.165, 1.54) is 106 Å². The average Bonchev–Trinajstić information content (AvgIpc) is 4.01. The van der Waals surface area contributed by atoms with E-state index in [-0.39, 0.29) is 5.41 Å². The molecule has 0 fully saturated rings. The fourth-order valence-corrected chi connectivity index (χ4v) is 13.2. The van der Waals surface area contributed by atoms with Gasteiger partial charge in [0.2, 0.25) is 0 Å². The molecule has 0 saturated carbocycles. The monoisotopic (exact) mass is 858 g/mol. The summed E-state index contributed by atoms with van der Waals surface area (Å²) < 4.78 is 2.44. The van der Waals surface area contributed by atoms with Crippen molar-refractivity contribution in [2.45, 2.75) is 49.9 Å². The second kappa shape index (κ2) is 15.2. The molecule has 14 rings (SSSR count). The Morgan fingerprint density at radius 3 is 2.18 bits per heavy atom. The summed E-state index contributed by atoms with van der Waals surface area (Å²) in [6.07, 6.45) is 21.4. The van der Waals surface area contributed by atoms with Crippen molar-refractivity contribution in [2.75, 3.05) is 4.90 Å². The van der Waals surface area contributed by atoms with Crippen molar-refractivity contribution < 1.29 is 0 Å². The third kappa shape index (κ3) is 5.69. The first-order chi connectivity index (χ1) is 33.3. The zero-order valence-corrected chi connectivity index (χ0v) is 37.6. The lowest BCUT2D eigenvalue weighted by molar-refractivity contribution is 0.339. The van der Waals surface area contributed by atoms with Crippen molar-refractivity contribution >= 4 is 56.5 Å². The second-order valence-corrected chi connectivity index (χ2v) is 19.2. The van der Waals surface area contributed by atoms with Crippen molar-refractivity contribution in [2.24, 2.45) is 5.92 Å². The standard InChI is InChI=1S/C65H50N2/c1-2-17-46(18-3-1)64-50-19-5-4-16-45(50)34-41-63(64)66(47-35-30-43(31-36-47)44-32-37-48(38-33-44)67-61-28-14-9-23-55(61)56-24-10-15-29-62(56)67)49-39-40-54-53-22-8-13-27-59(53)65(60(54)42-49)57-25-11-6-20-51(57)52-21-7-12-26-58(52)65/h1-9,11,14,16-25,28-42,53,59H,10,12-13,15,26-27H2. The molecule has 3 unspecified atom stereocenters. The SMILES string of the molecule is C1=CC2=C(CC1)C1(c3ccccc32)c2cc(N(c3ccc(-c4ccc(-n5c6c(c7ccccc75)=CCCC=6)cc4)cc3)c3ccc4ccccc4c3-c3ccccc3)ccc2C2C=CCCC21. The highest BCUT2D eigenvalue weighted by atomic mass is 15.1. The first kappa shape index (κ1) is 38.6. The minimum Gasteiger partial charge on any atom is -0.310 e. The summed E-state index contributed by atoms with van der Waals surface area (Å²) in [4.78, 5) is 2.55. The van der Waals surface area contributed by atoms with Gasteiger partial charge in [-0.15, -0.1) is 0 Å². The number of rotatable bonds is 6. The smallest absolute Gasteiger partial charge is 0.0546 e. The lowest BCUT2D eigenvalue weighted by atomic mass is 9.62. The molecule has 0 radical (unpaired) electrons. The number of aromatic nitrogens is 1. The van der Waals surface area contributed by atoms with Crippen LogP contribution in [0, 0.1) is 5.92 Å². The van der Waals surface area contributed by atoms with E-state index in [1.807, 2.05) is 0 Å². The van der Waals surface area contributed by atoms with Gasteiger partial charge in [-0.05, 0) is 154 Å². The van der Waals surface area contributed by atoms with E-state index >= 15 is 0 Å². The van der Waals surface area contributed by atoms with Gasteiger partial charge >= 0.3 is 0 Å². The number of nitrogens with zero attached hydrogens (tertiary/aromatic N) is 2. The summed E-state index contributed by atoms with van der Waals surface area (Å²) in [5.41, 5.74) is 19.7. The molecular weight excluding hydrogens is 809 g/mol. The van der Waals surface area contributed by atoms with Crippen LogP contribution in [-0.2, 0) is 5.41 Å². The molecular formula is C65H50N2. The van der Waals surface area contributed by atoms with E-state index < -0.39 is 0 Å². The molecule has 5 aliphatic rings. The third-order valence-corrected chi connectivity index (χ3v) is 15.9. The van der Waals surface area contributed by atoms with E-state index in [0.29, 0.717) is 11.8 Å². The Labute approximate surface area is 392 Å². The highest BCUT2D eigenvalue weighted by Gasteiger charge is 2.58. The van der Waals surface area contributed by atoms with Crippen LogP contribution in [0.5, 0.6) is 0 Å². The molecule has 0 aliphatic heterocycles. The van der Waals surface area contributed by atoms with Crippen LogP contribution < -0.4 is 15.5 Å². The molecule has 9 aromatic rings. The summed E-state index contributed by atoms with van der Waals surface area (Å²) in [6, 6.07) is 68.8. The van der Waals surface area contributed by atoms with Crippen LogP contribution in [0.3, 0.4) is 0 Å². The highest BCUT2D eigenvalue weighted by Crippen LogP contribution is 2.67. The van der Waals surface area contributed by atoms with E-state index in [0.717, 1.165) is 37.8 Å². The highest BCUT2D eigenvalue weighted by molar-refractivity contribution is 6.05. The summed E-state index contributed by atoms with van der Waals surface area (Å²) in [5.74, 6) is 0.877. The Balaban J connectivity index is 0.945. The van der Waals surface area contributed by atoms with Crippen molar-refractivity contribution in [3.05, 3.63) is 245 Å². The molecule has 1 heterocycles. The molecule has 2 nitrogen and oxygen atoms in total. The Bertz CT molecular complexity index is 3690. The van der Waals surface area contributed by atoms with Gasteiger partial charge in [-0.2, -0.15) is 0 Å². The molecule has 0 bridgehead atoms. The predicted molar refractivity (Wildman–Crippen MR) is 281 cm³/mol. The maximum absolute atomic E-state index is 2.61. The number of anilines is 3. The van der Waals surface area contributed by atoms with Crippen molar-refractivity contribution in [1.82, 2.24) is 4.57 Å². The minimum atomic E-state index is -0.159. The van der Waals surface area contributed by atoms with Gasteiger partial charge in [0.1, 0.15) is 0 Å². The average molecular weight is 859 g/mol. The number of hydrogen-bond acceptors (Lipinski definition) is 1. The topological polar surface area (TPSA) is 8.17 Å². The van der Waals surface area contributed by atoms with E-state index in [9.17, 15) is 0 Å². The molecule has 2 heteroatoms. The fourth-order valence-electron chi connectivity index (χ4n) is 13.2. The number of para-hydroxylation sites is 1. The van der Waals surface area contributed by atoms with Crippen molar-refractivity contribution in [3.63, 3.8) is 0 Å². The molecule has 67 heavy (non-hydrogen) atoms. The van der Waals surface area contributed by atoms with Crippen molar-refractivity contribution in [3.8, 4) is 27.9 Å². The number of hydrogen-bond donors (Lipinski definition) is 0. The van der Waals surface area contributed by atoms with Gasteiger partial charge < -0.3 is 9.47 Å². The van der Waals surface area contributed by atoms with Crippen LogP contribution in [-0.4, -0.2) is 4.57 Å². The number of benzene rings is 8. The summed E-state index contributed by atoms with van der Waals surface area (Å²) in [7, 11) is 0. The molecule has 0 saturated heterocycles. The largest absolute Gasteiger partial charge is 0.310 e.